The molecular formula is C17H18N2. The minimum absolute atomic E-state index is 0.947. The van der Waals surface area contributed by atoms with Gasteiger partial charge in [-0.2, -0.15) is 5.10 Å². The van der Waals surface area contributed by atoms with Crippen LogP contribution in [-0.2, 0) is 0 Å². The molecule has 0 aromatic heterocycles. The second-order valence-electron chi connectivity index (χ2n) is 4.28. The summed E-state index contributed by atoms with van der Waals surface area (Å²) in [6, 6.07) is 20.4. The normalized spacial score (nSPS) is 10.9. The third-order valence-corrected chi connectivity index (χ3v) is 2.87. The van der Waals surface area contributed by atoms with Crippen molar-refractivity contribution >= 4 is 5.71 Å². The van der Waals surface area contributed by atoms with Gasteiger partial charge in [-0.1, -0.05) is 66.7 Å². The molecule has 0 heterocycles. The van der Waals surface area contributed by atoms with Gasteiger partial charge >= 0.3 is 0 Å². The Bertz CT molecular complexity index is 527. The molecule has 0 atom stereocenters. The molecular weight excluding hydrogens is 232 g/mol. The highest BCUT2D eigenvalue weighted by molar-refractivity contribution is 6.12. The topological polar surface area (TPSA) is 24.4 Å². The lowest BCUT2D eigenvalue weighted by molar-refractivity contribution is 0.884. The maximum absolute atomic E-state index is 4.53. The van der Waals surface area contributed by atoms with Gasteiger partial charge in [0, 0.05) is 16.8 Å². The number of benzene rings is 2. The summed E-state index contributed by atoms with van der Waals surface area (Å²) in [5.74, 6) is 0. The zero-order valence-corrected chi connectivity index (χ0v) is 11.3. The molecule has 0 fully saturated rings. The van der Waals surface area contributed by atoms with E-state index in [2.05, 4.69) is 34.8 Å². The van der Waals surface area contributed by atoms with Crippen LogP contribution in [0.2, 0.25) is 0 Å². The Labute approximate surface area is 114 Å². The molecule has 0 aliphatic carbocycles. The summed E-state index contributed by atoms with van der Waals surface area (Å²) in [6.07, 6.45) is 2.00. The molecule has 0 amide bonds. The van der Waals surface area contributed by atoms with Crippen molar-refractivity contribution in [2.45, 2.75) is 13.8 Å². The number of hydrogen-bond donors (Lipinski definition) is 1. The molecule has 0 spiro atoms. The summed E-state index contributed by atoms with van der Waals surface area (Å²) in [6.45, 7) is 3.99. The molecule has 96 valence electrons. The van der Waals surface area contributed by atoms with Crippen molar-refractivity contribution in [2.75, 3.05) is 0 Å². The minimum Gasteiger partial charge on any atom is -0.283 e. The van der Waals surface area contributed by atoms with Crippen LogP contribution in [0.1, 0.15) is 25.0 Å². The molecule has 2 rings (SSSR count). The van der Waals surface area contributed by atoms with Crippen molar-refractivity contribution in [3.8, 4) is 0 Å². The molecule has 0 radical (unpaired) electrons. The van der Waals surface area contributed by atoms with Crippen LogP contribution in [0.15, 0.2) is 77.5 Å². The summed E-state index contributed by atoms with van der Waals surface area (Å²) >= 11 is 0. The molecule has 1 N–H and O–H groups in total. The molecule has 2 aromatic carbocycles. The van der Waals surface area contributed by atoms with Crippen LogP contribution in [0, 0.1) is 0 Å². The lowest BCUT2D eigenvalue weighted by Crippen LogP contribution is -2.11. The Balaban J connectivity index is 2.40. The second kappa shape index (κ2) is 6.55. The maximum atomic E-state index is 4.53. The first-order valence-electron chi connectivity index (χ1n) is 6.38. The lowest BCUT2D eigenvalue weighted by atomic mass is 10.0. The fourth-order valence-corrected chi connectivity index (χ4v) is 1.70. The van der Waals surface area contributed by atoms with Crippen LogP contribution < -0.4 is 5.43 Å². The smallest absolute Gasteiger partial charge is 0.0977 e. The van der Waals surface area contributed by atoms with Gasteiger partial charge in [-0.05, 0) is 13.8 Å². The Morgan fingerprint density at radius 2 is 1.37 bits per heavy atom. The van der Waals surface area contributed by atoms with E-state index in [0.717, 1.165) is 22.5 Å². The van der Waals surface area contributed by atoms with Gasteiger partial charge in [0.2, 0.25) is 0 Å². The van der Waals surface area contributed by atoms with Gasteiger partial charge in [-0.15, -0.1) is 0 Å². The number of rotatable bonds is 4. The summed E-state index contributed by atoms with van der Waals surface area (Å²) < 4.78 is 0. The van der Waals surface area contributed by atoms with Gasteiger partial charge in [0.05, 0.1) is 5.71 Å². The predicted molar refractivity (Wildman–Crippen MR) is 81.1 cm³/mol. The first kappa shape index (κ1) is 13.1. The van der Waals surface area contributed by atoms with Crippen LogP contribution in [0.25, 0.3) is 0 Å². The molecule has 0 unspecified atom stereocenters. The third kappa shape index (κ3) is 3.55. The van der Waals surface area contributed by atoms with Gasteiger partial charge in [0.1, 0.15) is 0 Å². The molecule has 0 saturated carbocycles. The van der Waals surface area contributed by atoms with E-state index < -0.39 is 0 Å². The Kier molecular flexibility index (Phi) is 4.51. The van der Waals surface area contributed by atoms with Gasteiger partial charge in [0.25, 0.3) is 0 Å². The van der Waals surface area contributed by atoms with E-state index in [9.17, 15) is 0 Å². The summed E-state index contributed by atoms with van der Waals surface area (Å²) in [7, 11) is 0. The summed E-state index contributed by atoms with van der Waals surface area (Å²) in [5, 5.41) is 4.53. The van der Waals surface area contributed by atoms with Crippen molar-refractivity contribution in [1.82, 2.24) is 5.43 Å². The first-order chi connectivity index (χ1) is 9.31. The molecule has 0 bridgehead atoms. The number of hydrazone groups is 1. The van der Waals surface area contributed by atoms with Crippen molar-refractivity contribution in [3.63, 3.8) is 0 Å². The number of hydrogen-bond acceptors (Lipinski definition) is 2. The van der Waals surface area contributed by atoms with E-state index in [1.54, 1.807) is 0 Å². The summed E-state index contributed by atoms with van der Waals surface area (Å²) in [5.41, 5.74) is 7.26. The van der Waals surface area contributed by atoms with Crippen LogP contribution in [0.4, 0.5) is 0 Å². The minimum atomic E-state index is 0.947. The highest BCUT2D eigenvalue weighted by Gasteiger charge is 2.05. The zero-order chi connectivity index (χ0) is 13.5. The lowest BCUT2D eigenvalue weighted by Gasteiger charge is -2.08. The van der Waals surface area contributed by atoms with E-state index in [-0.39, 0.29) is 0 Å². The second-order valence-corrected chi connectivity index (χ2v) is 4.28. The average Bonchev–Trinajstić information content (AvgIpc) is 2.49. The van der Waals surface area contributed by atoms with Crippen LogP contribution in [0.3, 0.4) is 0 Å². The van der Waals surface area contributed by atoms with E-state index in [0.29, 0.717) is 0 Å². The SMILES string of the molecule is C/C=C(\C)NN=C(c1ccccc1)c1ccccc1. The van der Waals surface area contributed by atoms with Crippen LogP contribution in [0.5, 0.6) is 0 Å². The van der Waals surface area contributed by atoms with Crippen molar-refractivity contribution in [3.05, 3.63) is 83.6 Å². The molecule has 2 nitrogen and oxygen atoms in total. The molecule has 2 aromatic rings. The predicted octanol–water partition coefficient (Wildman–Crippen LogP) is 3.95. The molecule has 0 aliphatic rings. The summed E-state index contributed by atoms with van der Waals surface area (Å²) in [4.78, 5) is 0. The Hall–Kier alpha value is -2.35. The van der Waals surface area contributed by atoms with E-state index in [1.807, 2.05) is 56.3 Å². The van der Waals surface area contributed by atoms with E-state index in [4.69, 9.17) is 0 Å². The average molecular weight is 250 g/mol. The monoisotopic (exact) mass is 250 g/mol. The van der Waals surface area contributed by atoms with Crippen LogP contribution >= 0.6 is 0 Å². The third-order valence-electron chi connectivity index (χ3n) is 2.87. The van der Waals surface area contributed by atoms with Gasteiger partial charge in [-0.25, -0.2) is 0 Å². The zero-order valence-electron chi connectivity index (χ0n) is 11.3. The van der Waals surface area contributed by atoms with Gasteiger partial charge < -0.3 is 0 Å². The van der Waals surface area contributed by atoms with Crippen molar-refractivity contribution in [1.29, 1.82) is 0 Å². The Morgan fingerprint density at radius 3 is 1.79 bits per heavy atom. The van der Waals surface area contributed by atoms with E-state index in [1.165, 1.54) is 0 Å². The quantitative estimate of drug-likeness (QED) is 0.645. The number of nitrogens with one attached hydrogen (secondary N) is 1. The standard InChI is InChI=1S/C17H18N2/c1-3-14(2)18-19-17(15-10-6-4-7-11-15)16-12-8-5-9-13-16/h3-13,18H,1-2H3/b14-3+. The van der Waals surface area contributed by atoms with Gasteiger partial charge in [-0.3, -0.25) is 5.43 Å². The van der Waals surface area contributed by atoms with Gasteiger partial charge in [0.15, 0.2) is 0 Å². The first-order valence-corrected chi connectivity index (χ1v) is 6.38. The fourth-order valence-electron chi connectivity index (χ4n) is 1.70. The molecule has 19 heavy (non-hydrogen) atoms. The van der Waals surface area contributed by atoms with Crippen LogP contribution in [-0.4, -0.2) is 5.71 Å². The fraction of sp³-hybridized carbons (Fsp3) is 0.118. The molecule has 2 heteroatoms. The van der Waals surface area contributed by atoms with Crippen molar-refractivity contribution < 1.29 is 0 Å². The molecule has 0 saturated heterocycles. The Morgan fingerprint density at radius 1 is 0.895 bits per heavy atom. The van der Waals surface area contributed by atoms with Crippen molar-refractivity contribution in [2.24, 2.45) is 5.10 Å². The largest absolute Gasteiger partial charge is 0.283 e. The number of nitrogens with zero attached hydrogens (tertiary/aromatic N) is 1. The van der Waals surface area contributed by atoms with E-state index >= 15 is 0 Å². The number of allylic oxidation sites excluding steroid dienone is 2. The maximum Gasteiger partial charge on any atom is 0.0977 e. The highest BCUT2D eigenvalue weighted by Crippen LogP contribution is 2.10. The molecule has 0 aliphatic heterocycles. The highest BCUT2D eigenvalue weighted by atomic mass is 15.3.